The van der Waals surface area contributed by atoms with E-state index in [0.29, 0.717) is 11.1 Å². The molecule has 0 aliphatic carbocycles. The quantitative estimate of drug-likeness (QED) is 0.786. The van der Waals surface area contributed by atoms with E-state index in [2.05, 4.69) is 37.7 Å². The first kappa shape index (κ1) is 16.2. The Labute approximate surface area is 143 Å². The zero-order chi connectivity index (χ0) is 16.2. The molecule has 6 heteroatoms. The minimum absolute atomic E-state index is 0.172. The summed E-state index contributed by atoms with van der Waals surface area (Å²) in [4.78, 5) is 11.0. The van der Waals surface area contributed by atoms with Gasteiger partial charge < -0.3 is 9.64 Å². The molecule has 1 atom stereocenters. The van der Waals surface area contributed by atoms with Crippen LogP contribution in [0, 0.1) is 5.82 Å². The van der Waals surface area contributed by atoms with Gasteiger partial charge in [-0.1, -0.05) is 22.9 Å². The second kappa shape index (κ2) is 7.25. The summed E-state index contributed by atoms with van der Waals surface area (Å²) in [5, 5.41) is 0. The summed E-state index contributed by atoms with van der Waals surface area (Å²) in [6.45, 7) is 3.41. The highest BCUT2D eigenvalue weighted by molar-refractivity contribution is 9.10. The number of aryl methyl sites for hydroxylation is 1. The molecule has 2 heterocycles. The van der Waals surface area contributed by atoms with E-state index in [1.165, 1.54) is 6.07 Å². The SMILES string of the molecule is CCc1cnc(N2CCCC2COc2ccc(Br)cc2F)nc1. The fourth-order valence-corrected chi connectivity index (χ4v) is 3.06. The minimum atomic E-state index is -0.354. The average Bonchev–Trinajstić information content (AvgIpc) is 3.02. The molecule has 0 spiro atoms. The van der Waals surface area contributed by atoms with Crippen molar-refractivity contribution in [3.8, 4) is 5.75 Å². The molecule has 0 saturated carbocycles. The monoisotopic (exact) mass is 379 g/mol. The molecule has 1 aliphatic heterocycles. The summed E-state index contributed by atoms with van der Waals surface area (Å²) in [6, 6.07) is 5.00. The number of anilines is 1. The van der Waals surface area contributed by atoms with E-state index < -0.39 is 0 Å². The van der Waals surface area contributed by atoms with Crippen LogP contribution in [-0.4, -0.2) is 29.2 Å². The van der Waals surface area contributed by atoms with Crippen LogP contribution in [0.4, 0.5) is 10.3 Å². The van der Waals surface area contributed by atoms with Gasteiger partial charge in [0.25, 0.3) is 0 Å². The van der Waals surface area contributed by atoms with Crippen molar-refractivity contribution in [3.05, 3.63) is 46.4 Å². The van der Waals surface area contributed by atoms with Crippen molar-refractivity contribution < 1.29 is 9.13 Å². The van der Waals surface area contributed by atoms with Gasteiger partial charge in [0.1, 0.15) is 6.61 Å². The van der Waals surface area contributed by atoms with Gasteiger partial charge >= 0.3 is 0 Å². The largest absolute Gasteiger partial charge is 0.488 e. The highest BCUT2D eigenvalue weighted by Gasteiger charge is 2.27. The van der Waals surface area contributed by atoms with Gasteiger partial charge in [-0.3, -0.25) is 0 Å². The Morgan fingerprint density at radius 3 is 2.83 bits per heavy atom. The molecule has 1 aliphatic rings. The molecule has 0 amide bonds. The summed E-state index contributed by atoms with van der Waals surface area (Å²) >= 11 is 3.25. The van der Waals surface area contributed by atoms with Crippen molar-refractivity contribution in [1.29, 1.82) is 0 Å². The second-order valence-electron chi connectivity index (χ2n) is 5.62. The lowest BCUT2D eigenvalue weighted by Gasteiger charge is -2.24. The van der Waals surface area contributed by atoms with Crippen LogP contribution in [0.3, 0.4) is 0 Å². The molecular weight excluding hydrogens is 361 g/mol. The standard InChI is InChI=1S/C17H19BrFN3O/c1-2-12-9-20-17(21-10-12)22-7-3-4-14(22)11-23-16-6-5-13(18)8-15(16)19/h5-6,8-10,14H,2-4,7,11H2,1H3. The molecule has 122 valence electrons. The summed E-state index contributed by atoms with van der Waals surface area (Å²) in [6.07, 6.45) is 6.72. The summed E-state index contributed by atoms with van der Waals surface area (Å²) in [7, 11) is 0. The summed E-state index contributed by atoms with van der Waals surface area (Å²) < 4.78 is 20.2. The van der Waals surface area contributed by atoms with E-state index in [1.807, 2.05) is 12.4 Å². The summed E-state index contributed by atoms with van der Waals surface area (Å²) in [5.74, 6) is 0.652. The predicted molar refractivity (Wildman–Crippen MR) is 91.4 cm³/mol. The zero-order valence-electron chi connectivity index (χ0n) is 13.0. The Balaban J connectivity index is 1.66. The van der Waals surface area contributed by atoms with Crippen LogP contribution in [0.1, 0.15) is 25.3 Å². The number of rotatable bonds is 5. The van der Waals surface area contributed by atoms with Gasteiger partial charge in [0.05, 0.1) is 6.04 Å². The van der Waals surface area contributed by atoms with E-state index in [1.54, 1.807) is 12.1 Å². The van der Waals surface area contributed by atoms with Crippen molar-refractivity contribution in [2.75, 3.05) is 18.1 Å². The van der Waals surface area contributed by atoms with Gasteiger partial charge in [-0.25, -0.2) is 14.4 Å². The van der Waals surface area contributed by atoms with Crippen molar-refractivity contribution in [2.24, 2.45) is 0 Å². The molecule has 0 radical (unpaired) electrons. The van der Waals surface area contributed by atoms with Gasteiger partial charge in [-0.2, -0.15) is 0 Å². The highest BCUT2D eigenvalue weighted by atomic mass is 79.9. The lowest BCUT2D eigenvalue weighted by Crippen LogP contribution is -2.35. The van der Waals surface area contributed by atoms with E-state index >= 15 is 0 Å². The zero-order valence-corrected chi connectivity index (χ0v) is 14.6. The number of aromatic nitrogens is 2. The molecule has 3 rings (SSSR count). The van der Waals surface area contributed by atoms with Gasteiger partial charge in [0, 0.05) is 23.4 Å². The molecule has 4 nitrogen and oxygen atoms in total. The van der Waals surface area contributed by atoms with Crippen molar-refractivity contribution in [2.45, 2.75) is 32.2 Å². The van der Waals surface area contributed by atoms with Crippen LogP contribution in [0.5, 0.6) is 5.75 Å². The third-order valence-electron chi connectivity index (χ3n) is 4.06. The van der Waals surface area contributed by atoms with Crippen LogP contribution in [0.2, 0.25) is 0 Å². The van der Waals surface area contributed by atoms with Crippen molar-refractivity contribution in [1.82, 2.24) is 9.97 Å². The van der Waals surface area contributed by atoms with Gasteiger partial charge in [-0.15, -0.1) is 0 Å². The molecule has 23 heavy (non-hydrogen) atoms. The number of nitrogens with zero attached hydrogens (tertiary/aromatic N) is 3. The van der Waals surface area contributed by atoms with E-state index in [4.69, 9.17) is 4.74 Å². The predicted octanol–water partition coefficient (Wildman–Crippen LogP) is 3.99. The van der Waals surface area contributed by atoms with E-state index in [-0.39, 0.29) is 17.6 Å². The molecule has 0 N–H and O–H groups in total. The maximum absolute atomic E-state index is 13.8. The molecule has 1 saturated heterocycles. The first-order valence-electron chi connectivity index (χ1n) is 7.82. The molecule has 2 aromatic rings. The van der Waals surface area contributed by atoms with Crippen molar-refractivity contribution >= 4 is 21.9 Å². The maximum atomic E-state index is 13.8. The molecule has 1 unspecified atom stereocenters. The lowest BCUT2D eigenvalue weighted by atomic mass is 10.2. The van der Waals surface area contributed by atoms with Gasteiger partial charge in [-0.05, 0) is 43.0 Å². The number of benzene rings is 1. The number of hydrogen-bond acceptors (Lipinski definition) is 4. The fourth-order valence-electron chi connectivity index (χ4n) is 2.73. The lowest BCUT2D eigenvalue weighted by molar-refractivity contribution is 0.275. The Kier molecular flexibility index (Phi) is 5.10. The van der Waals surface area contributed by atoms with Gasteiger partial charge in [0.15, 0.2) is 11.6 Å². The minimum Gasteiger partial charge on any atom is -0.488 e. The molecule has 0 bridgehead atoms. The van der Waals surface area contributed by atoms with E-state index in [0.717, 1.165) is 37.3 Å². The third kappa shape index (κ3) is 3.80. The maximum Gasteiger partial charge on any atom is 0.225 e. The topological polar surface area (TPSA) is 38.2 Å². The fraction of sp³-hybridized carbons (Fsp3) is 0.412. The van der Waals surface area contributed by atoms with Gasteiger partial charge in [0.2, 0.25) is 5.95 Å². The Hall–Kier alpha value is -1.69. The van der Waals surface area contributed by atoms with Crippen molar-refractivity contribution in [3.63, 3.8) is 0 Å². The second-order valence-corrected chi connectivity index (χ2v) is 6.54. The molecule has 1 aromatic heterocycles. The molecular formula is C17H19BrFN3O. The number of ether oxygens (including phenoxy) is 1. The van der Waals surface area contributed by atoms with E-state index in [9.17, 15) is 4.39 Å². The number of halogens is 2. The van der Waals surface area contributed by atoms with Crippen LogP contribution >= 0.6 is 15.9 Å². The average molecular weight is 380 g/mol. The molecule has 1 aromatic carbocycles. The normalized spacial score (nSPS) is 17.5. The summed E-state index contributed by atoms with van der Waals surface area (Å²) in [5.41, 5.74) is 1.12. The highest BCUT2D eigenvalue weighted by Crippen LogP contribution is 2.25. The molecule has 1 fully saturated rings. The van der Waals surface area contributed by atoms with Crippen LogP contribution in [0.25, 0.3) is 0 Å². The van der Waals surface area contributed by atoms with Crippen LogP contribution < -0.4 is 9.64 Å². The Bertz CT molecular complexity index is 665. The van der Waals surface area contributed by atoms with Crippen LogP contribution in [0.15, 0.2) is 35.1 Å². The first-order chi connectivity index (χ1) is 11.2. The Morgan fingerprint density at radius 2 is 2.13 bits per heavy atom. The van der Waals surface area contributed by atoms with Crippen LogP contribution in [-0.2, 0) is 6.42 Å². The Morgan fingerprint density at radius 1 is 1.35 bits per heavy atom. The third-order valence-corrected chi connectivity index (χ3v) is 4.55. The smallest absolute Gasteiger partial charge is 0.225 e. The first-order valence-corrected chi connectivity index (χ1v) is 8.62. The number of hydrogen-bond donors (Lipinski definition) is 0.